The Labute approximate surface area is 150 Å². The minimum atomic E-state index is -0.506. The number of cyclic esters (lactones) is 1. The van der Waals surface area contributed by atoms with Gasteiger partial charge in [-0.2, -0.15) is 0 Å². The molecule has 0 N–H and O–H groups in total. The van der Waals surface area contributed by atoms with Crippen molar-refractivity contribution in [3.05, 3.63) is 48.6 Å². The second kappa shape index (κ2) is 10.0. The maximum atomic E-state index is 13.0. The average Bonchev–Trinajstić information content (AvgIpc) is 2.98. The Morgan fingerprint density at radius 1 is 1.32 bits per heavy atom. The van der Waals surface area contributed by atoms with E-state index in [0.29, 0.717) is 12.8 Å². The van der Waals surface area contributed by atoms with Crippen LogP contribution >= 0.6 is 0 Å². The average molecular weight is 343 g/mol. The molecular formula is C21H29NO3. The van der Waals surface area contributed by atoms with Crippen molar-refractivity contribution in [1.82, 2.24) is 4.90 Å². The summed E-state index contributed by atoms with van der Waals surface area (Å²) >= 11 is 0. The van der Waals surface area contributed by atoms with Crippen LogP contribution in [0.1, 0.15) is 51.0 Å². The molecule has 1 saturated heterocycles. The van der Waals surface area contributed by atoms with E-state index in [0.717, 1.165) is 31.2 Å². The molecule has 4 heteroatoms. The summed E-state index contributed by atoms with van der Waals surface area (Å²) < 4.78 is 5.18. The third-order valence-corrected chi connectivity index (χ3v) is 4.72. The van der Waals surface area contributed by atoms with E-state index in [2.05, 4.69) is 13.5 Å². The molecule has 1 unspecified atom stereocenters. The van der Waals surface area contributed by atoms with Crippen LogP contribution in [0.2, 0.25) is 0 Å². The second-order valence-electron chi connectivity index (χ2n) is 6.70. The van der Waals surface area contributed by atoms with Crippen LogP contribution in [0.5, 0.6) is 0 Å². The van der Waals surface area contributed by atoms with Gasteiger partial charge in [-0.15, -0.1) is 6.58 Å². The minimum absolute atomic E-state index is 0.111. The van der Waals surface area contributed by atoms with Crippen molar-refractivity contribution < 1.29 is 14.3 Å². The molecule has 0 aromatic heterocycles. The van der Waals surface area contributed by atoms with Crippen molar-refractivity contribution in [2.24, 2.45) is 5.92 Å². The maximum absolute atomic E-state index is 13.0. The Morgan fingerprint density at radius 2 is 2.08 bits per heavy atom. The number of ether oxygens (including phenoxy) is 1. The number of rotatable bonds is 10. The SMILES string of the molecule is C=CC[C@H](CCCCCC)C(=O)N1C(=O)OCC1Cc1ccccc1. The summed E-state index contributed by atoms with van der Waals surface area (Å²) in [5, 5.41) is 0. The molecule has 0 spiro atoms. The van der Waals surface area contributed by atoms with Gasteiger partial charge in [-0.1, -0.05) is 69.0 Å². The van der Waals surface area contributed by atoms with Crippen LogP contribution in [0.15, 0.2) is 43.0 Å². The summed E-state index contributed by atoms with van der Waals surface area (Å²) in [6.45, 7) is 6.21. The molecule has 25 heavy (non-hydrogen) atoms. The lowest BCUT2D eigenvalue weighted by atomic mass is 9.95. The molecule has 1 heterocycles. The van der Waals surface area contributed by atoms with E-state index in [1.807, 2.05) is 30.3 Å². The van der Waals surface area contributed by atoms with E-state index in [1.54, 1.807) is 6.08 Å². The van der Waals surface area contributed by atoms with Crippen molar-refractivity contribution in [3.8, 4) is 0 Å². The fourth-order valence-corrected chi connectivity index (χ4v) is 3.32. The van der Waals surface area contributed by atoms with Crippen LogP contribution in [0.3, 0.4) is 0 Å². The number of unbranched alkanes of at least 4 members (excludes halogenated alkanes) is 3. The number of nitrogens with zero attached hydrogens (tertiary/aromatic N) is 1. The monoisotopic (exact) mass is 343 g/mol. The van der Waals surface area contributed by atoms with Gasteiger partial charge in [0.2, 0.25) is 5.91 Å². The highest BCUT2D eigenvalue weighted by atomic mass is 16.6. The third-order valence-electron chi connectivity index (χ3n) is 4.72. The summed E-state index contributed by atoms with van der Waals surface area (Å²) in [5.74, 6) is -0.293. The van der Waals surface area contributed by atoms with Gasteiger partial charge in [-0.05, 0) is 24.8 Å². The zero-order valence-electron chi connectivity index (χ0n) is 15.2. The predicted octanol–water partition coefficient (Wildman–Crippen LogP) is 4.74. The van der Waals surface area contributed by atoms with Crippen molar-refractivity contribution >= 4 is 12.0 Å². The lowest BCUT2D eigenvalue weighted by Gasteiger charge is -2.24. The molecule has 0 aliphatic carbocycles. The number of imide groups is 1. The van der Waals surface area contributed by atoms with Crippen LogP contribution in [-0.2, 0) is 16.0 Å². The first-order valence-corrected chi connectivity index (χ1v) is 9.32. The number of hydrogen-bond acceptors (Lipinski definition) is 3. The largest absolute Gasteiger partial charge is 0.447 e. The number of carbonyl (C=O) groups excluding carboxylic acids is 2. The van der Waals surface area contributed by atoms with E-state index in [-0.39, 0.29) is 24.5 Å². The van der Waals surface area contributed by atoms with Gasteiger partial charge in [0, 0.05) is 5.92 Å². The van der Waals surface area contributed by atoms with Gasteiger partial charge in [-0.25, -0.2) is 9.69 Å². The summed E-state index contributed by atoms with van der Waals surface area (Å²) in [4.78, 5) is 26.5. The van der Waals surface area contributed by atoms with Crippen molar-refractivity contribution in [2.75, 3.05) is 6.61 Å². The van der Waals surface area contributed by atoms with Gasteiger partial charge in [-0.3, -0.25) is 4.79 Å². The molecule has 0 bridgehead atoms. The van der Waals surface area contributed by atoms with Gasteiger partial charge >= 0.3 is 6.09 Å². The van der Waals surface area contributed by atoms with Crippen LogP contribution < -0.4 is 0 Å². The van der Waals surface area contributed by atoms with Crippen molar-refractivity contribution in [3.63, 3.8) is 0 Å². The second-order valence-corrected chi connectivity index (χ2v) is 6.70. The molecule has 1 aromatic carbocycles. The fourth-order valence-electron chi connectivity index (χ4n) is 3.32. The quantitative estimate of drug-likeness (QED) is 0.455. The Balaban J connectivity index is 2.03. The molecule has 2 atom stereocenters. The minimum Gasteiger partial charge on any atom is -0.447 e. The molecule has 136 valence electrons. The highest BCUT2D eigenvalue weighted by molar-refractivity contribution is 5.94. The maximum Gasteiger partial charge on any atom is 0.416 e. The number of benzene rings is 1. The highest BCUT2D eigenvalue weighted by Crippen LogP contribution is 2.24. The third kappa shape index (κ3) is 5.45. The van der Waals surface area contributed by atoms with Crippen LogP contribution in [-0.4, -0.2) is 29.5 Å². The Bertz CT molecular complexity index is 570. The summed E-state index contributed by atoms with van der Waals surface area (Å²) in [7, 11) is 0. The molecule has 4 nitrogen and oxygen atoms in total. The van der Waals surface area contributed by atoms with E-state index >= 15 is 0 Å². The molecule has 1 fully saturated rings. The smallest absolute Gasteiger partial charge is 0.416 e. The van der Waals surface area contributed by atoms with E-state index in [4.69, 9.17) is 4.74 Å². The molecule has 2 amide bonds. The summed E-state index contributed by atoms with van der Waals surface area (Å²) in [6, 6.07) is 9.69. The zero-order valence-corrected chi connectivity index (χ0v) is 15.2. The van der Waals surface area contributed by atoms with Gasteiger partial charge in [0.05, 0.1) is 6.04 Å². The number of amides is 2. The number of carbonyl (C=O) groups is 2. The molecule has 1 aromatic rings. The lowest BCUT2D eigenvalue weighted by Crippen LogP contribution is -2.43. The first-order valence-electron chi connectivity index (χ1n) is 9.32. The van der Waals surface area contributed by atoms with Gasteiger partial charge in [0.15, 0.2) is 0 Å². The lowest BCUT2D eigenvalue weighted by molar-refractivity contribution is -0.133. The summed E-state index contributed by atoms with van der Waals surface area (Å²) in [5.41, 5.74) is 1.10. The van der Waals surface area contributed by atoms with Gasteiger partial charge in [0.25, 0.3) is 0 Å². The Kier molecular flexibility index (Phi) is 7.71. The normalized spacial score (nSPS) is 18.0. The molecule has 1 aliphatic heterocycles. The van der Waals surface area contributed by atoms with E-state index in [9.17, 15) is 9.59 Å². The van der Waals surface area contributed by atoms with E-state index < -0.39 is 6.09 Å². The molecule has 1 aliphatic rings. The van der Waals surface area contributed by atoms with Crippen molar-refractivity contribution in [1.29, 1.82) is 0 Å². The molecule has 0 saturated carbocycles. The van der Waals surface area contributed by atoms with Gasteiger partial charge < -0.3 is 4.74 Å². The van der Waals surface area contributed by atoms with E-state index in [1.165, 1.54) is 11.3 Å². The Hall–Kier alpha value is -2.10. The number of allylic oxidation sites excluding steroid dienone is 1. The van der Waals surface area contributed by atoms with Crippen LogP contribution in [0.4, 0.5) is 4.79 Å². The highest BCUT2D eigenvalue weighted by Gasteiger charge is 2.40. The summed E-state index contributed by atoms with van der Waals surface area (Å²) in [6.07, 6.45) is 7.77. The standard InChI is InChI=1S/C21H29NO3/c1-3-5-6-10-14-18(11-4-2)20(23)22-19(16-25-21(22)24)15-17-12-8-7-9-13-17/h4,7-9,12-13,18-19H,2-3,5-6,10-11,14-16H2,1H3/t18-,19?/m1/s1. The fraction of sp³-hybridized carbons (Fsp3) is 0.524. The molecule has 0 radical (unpaired) electrons. The Morgan fingerprint density at radius 3 is 2.76 bits per heavy atom. The topological polar surface area (TPSA) is 46.6 Å². The van der Waals surface area contributed by atoms with Crippen LogP contribution in [0.25, 0.3) is 0 Å². The predicted molar refractivity (Wildman–Crippen MR) is 99.2 cm³/mol. The van der Waals surface area contributed by atoms with Gasteiger partial charge in [0.1, 0.15) is 6.61 Å². The first-order chi connectivity index (χ1) is 12.2. The number of hydrogen-bond donors (Lipinski definition) is 0. The molecule has 2 rings (SSSR count). The zero-order chi connectivity index (χ0) is 18.1. The molecular weight excluding hydrogens is 314 g/mol. The van der Waals surface area contributed by atoms with Crippen molar-refractivity contribution in [2.45, 2.75) is 57.9 Å². The van der Waals surface area contributed by atoms with Crippen LogP contribution in [0, 0.1) is 5.92 Å². The first kappa shape index (κ1) is 19.2.